The third-order valence-corrected chi connectivity index (χ3v) is 3.53. The van der Waals surface area contributed by atoms with Gasteiger partial charge in [0.25, 0.3) is 0 Å². The lowest BCUT2D eigenvalue weighted by molar-refractivity contribution is -0.131. The highest BCUT2D eigenvalue weighted by molar-refractivity contribution is 5.79. The minimum atomic E-state index is 0.131. The fraction of sp³-hybridized carbons (Fsp3) is 0.500. The molecule has 18 heavy (non-hydrogen) atoms. The van der Waals surface area contributed by atoms with Gasteiger partial charge in [0.2, 0.25) is 5.91 Å². The van der Waals surface area contributed by atoms with Crippen molar-refractivity contribution < 1.29 is 9.53 Å². The van der Waals surface area contributed by atoms with E-state index in [1.54, 1.807) is 4.90 Å². The molecule has 1 heterocycles. The largest absolute Gasteiger partial charge is 0.379 e. The van der Waals surface area contributed by atoms with Gasteiger partial charge in [-0.3, -0.25) is 4.79 Å². The van der Waals surface area contributed by atoms with Crippen molar-refractivity contribution in [3.8, 4) is 0 Å². The first-order chi connectivity index (χ1) is 8.72. The molecule has 1 amide bonds. The standard InChI is InChI=1S/C14H20N2O2/c1-16(13-6-7-18-10-13)14(17)8-11-4-2-3-5-12(11)9-15/h2-5,13H,6-10,15H2,1H3. The van der Waals surface area contributed by atoms with Gasteiger partial charge in [0.1, 0.15) is 0 Å². The van der Waals surface area contributed by atoms with E-state index in [2.05, 4.69) is 0 Å². The molecule has 4 heteroatoms. The van der Waals surface area contributed by atoms with Gasteiger partial charge in [-0.05, 0) is 17.5 Å². The van der Waals surface area contributed by atoms with E-state index in [0.29, 0.717) is 19.6 Å². The maximum Gasteiger partial charge on any atom is 0.227 e. The Balaban J connectivity index is 2.01. The summed E-state index contributed by atoms with van der Waals surface area (Å²) in [4.78, 5) is 14.0. The number of carbonyl (C=O) groups is 1. The Morgan fingerprint density at radius 3 is 2.78 bits per heavy atom. The SMILES string of the molecule is CN(C(=O)Cc1ccccc1CN)C1CCOC1. The number of benzene rings is 1. The van der Waals surface area contributed by atoms with Gasteiger partial charge in [-0.15, -0.1) is 0 Å². The second-order valence-electron chi connectivity index (χ2n) is 4.67. The molecule has 0 spiro atoms. The third kappa shape index (κ3) is 2.89. The Labute approximate surface area is 108 Å². The lowest BCUT2D eigenvalue weighted by Gasteiger charge is -2.23. The van der Waals surface area contributed by atoms with E-state index in [1.807, 2.05) is 31.3 Å². The molecule has 1 saturated heterocycles. The first-order valence-electron chi connectivity index (χ1n) is 6.32. The van der Waals surface area contributed by atoms with Crippen molar-refractivity contribution in [2.45, 2.75) is 25.4 Å². The first-order valence-corrected chi connectivity index (χ1v) is 6.32. The van der Waals surface area contributed by atoms with Gasteiger partial charge < -0.3 is 15.4 Å². The highest BCUT2D eigenvalue weighted by Gasteiger charge is 2.24. The van der Waals surface area contributed by atoms with Crippen LogP contribution in [0.1, 0.15) is 17.5 Å². The third-order valence-electron chi connectivity index (χ3n) is 3.53. The summed E-state index contributed by atoms with van der Waals surface area (Å²) in [5.41, 5.74) is 7.75. The van der Waals surface area contributed by atoms with Crippen LogP contribution >= 0.6 is 0 Å². The Bertz CT molecular complexity index is 414. The minimum absolute atomic E-state index is 0.131. The van der Waals surface area contributed by atoms with E-state index in [9.17, 15) is 4.79 Å². The number of likely N-dealkylation sites (N-methyl/N-ethyl adjacent to an activating group) is 1. The second-order valence-corrected chi connectivity index (χ2v) is 4.67. The summed E-state index contributed by atoms with van der Waals surface area (Å²) < 4.78 is 5.31. The molecule has 1 aliphatic heterocycles. The van der Waals surface area contributed by atoms with Crippen molar-refractivity contribution in [3.05, 3.63) is 35.4 Å². The van der Waals surface area contributed by atoms with E-state index >= 15 is 0 Å². The number of carbonyl (C=O) groups excluding carboxylic acids is 1. The van der Waals surface area contributed by atoms with E-state index < -0.39 is 0 Å². The summed E-state index contributed by atoms with van der Waals surface area (Å²) in [6, 6.07) is 8.06. The Morgan fingerprint density at radius 1 is 1.44 bits per heavy atom. The molecule has 0 radical (unpaired) electrons. The van der Waals surface area contributed by atoms with Crippen LogP contribution in [0.3, 0.4) is 0 Å². The lowest BCUT2D eigenvalue weighted by Crippen LogP contribution is -2.38. The average Bonchev–Trinajstić information content (AvgIpc) is 2.92. The zero-order valence-corrected chi connectivity index (χ0v) is 10.8. The average molecular weight is 248 g/mol. The van der Waals surface area contributed by atoms with Crippen LogP contribution in [0.25, 0.3) is 0 Å². The normalized spacial score (nSPS) is 18.9. The number of ether oxygens (including phenoxy) is 1. The highest BCUT2D eigenvalue weighted by atomic mass is 16.5. The molecule has 98 valence electrons. The molecule has 0 aromatic heterocycles. The molecule has 0 saturated carbocycles. The predicted molar refractivity (Wildman–Crippen MR) is 70.0 cm³/mol. The topological polar surface area (TPSA) is 55.6 Å². The predicted octanol–water partition coefficient (Wildman–Crippen LogP) is 0.935. The fourth-order valence-electron chi connectivity index (χ4n) is 2.25. The van der Waals surface area contributed by atoms with Crippen LogP contribution < -0.4 is 5.73 Å². The first kappa shape index (κ1) is 13.1. The van der Waals surface area contributed by atoms with Crippen LogP contribution in [-0.4, -0.2) is 37.1 Å². The molecule has 4 nitrogen and oxygen atoms in total. The summed E-state index contributed by atoms with van der Waals surface area (Å²) in [6.07, 6.45) is 1.35. The molecule has 2 rings (SSSR count). The molecular formula is C14H20N2O2. The molecule has 2 N–H and O–H groups in total. The van der Waals surface area contributed by atoms with Crippen LogP contribution in [-0.2, 0) is 22.5 Å². The second kappa shape index (κ2) is 5.98. The quantitative estimate of drug-likeness (QED) is 0.862. The zero-order chi connectivity index (χ0) is 13.0. The number of nitrogens with two attached hydrogens (primary N) is 1. The lowest BCUT2D eigenvalue weighted by atomic mass is 10.0. The summed E-state index contributed by atoms with van der Waals surface area (Å²) in [5.74, 6) is 0.131. The molecule has 0 aliphatic carbocycles. The van der Waals surface area contributed by atoms with Crippen LogP contribution in [0.5, 0.6) is 0 Å². The zero-order valence-electron chi connectivity index (χ0n) is 10.8. The van der Waals surface area contributed by atoms with Crippen LogP contribution in [0.4, 0.5) is 0 Å². The van der Waals surface area contributed by atoms with Crippen LogP contribution in [0.15, 0.2) is 24.3 Å². The van der Waals surface area contributed by atoms with E-state index in [0.717, 1.165) is 24.2 Å². The molecule has 1 atom stereocenters. The van der Waals surface area contributed by atoms with E-state index in [-0.39, 0.29) is 11.9 Å². The van der Waals surface area contributed by atoms with Crippen molar-refractivity contribution in [1.29, 1.82) is 0 Å². The molecule has 1 unspecified atom stereocenters. The van der Waals surface area contributed by atoms with Crippen LogP contribution in [0, 0.1) is 0 Å². The van der Waals surface area contributed by atoms with Gasteiger partial charge in [0, 0.05) is 20.2 Å². The molecular weight excluding hydrogens is 228 g/mol. The van der Waals surface area contributed by atoms with E-state index in [1.165, 1.54) is 0 Å². The van der Waals surface area contributed by atoms with E-state index in [4.69, 9.17) is 10.5 Å². The maximum absolute atomic E-state index is 12.2. The molecule has 1 fully saturated rings. The van der Waals surface area contributed by atoms with Crippen molar-refractivity contribution in [2.24, 2.45) is 5.73 Å². The minimum Gasteiger partial charge on any atom is -0.379 e. The van der Waals surface area contributed by atoms with Gasteiger partial charge in [-0.2, -0.15) is 0 Å². The Hall–Kier alpha value is -1.39. The van der Waals surface area contributed by atoms with Gasteiger partial charge in [0.05, 0.1) is 19.1 Å². The maximum atomic E-state index is 12.2. The Morgan fingerprint density at radius 2 is 2.17 bits per heavy atom. The Kier molecular flexibility index (Phi) is 4.33. The summed E-state index contributed by atoms with van der Waals surface area (Å²) in [7, 11) is 1.85. The van der Waals surface area contributed by atoms with Gasteiger partial charge >= 0.3 is 0 Å². The molecule has 1 aliphatic rings. The van der Waals surface area contributed by atoms with Gasteiger partial charge in [0.15, 0.2) is 0 Å². The number of nitrogens with zero attached hydrogens (tertiary/aromatic N) is 1. The molecule has 1 aromatic carbocycles. The number of amides is 1. The van der Waals surface area contributed by atoms with Crippen molar-refractivity contribution in [1.82, 2.24) is 4.90 Å². The smallest absolute Gasteiger partial charge is 0.227 e. The van der Waals surface area contributed by atoms with Gasteiger partial charge in [-0.25, -0.2) is 0 Å². The molecule has 1 aromatic rings. The number of rotatable bonds is 4. The monoisotopic (exact) mass is 248 g/mol. The van der Waals surface area contributed by atoms with Crippen molar-refractivity contribution >= 4 is 5.91 Å². The fourth-order valence-corrected chi connectivity index (χ4v) is 2.25. The summed E-state index contributed by atoms with van der Waals surface area (Å²) in [6.45, 7) is 1.88. The highest BCUT2D eigenvalue weighted by Crippen LogP contribution is 2.14. The number of hydrogen-bond acceptors (Lipinski definition) is 3. The number of hydrogen-bond donors (Lipinski definition) is 1. The summed E-state index contributed by atoms with van der Waals surface area (Å²) >= 11 is 0. The van der Waals surface area contributed by atoms with Crippen molar-refractivity contribution in [3.63, 3.8) is 0 Å². The van der Waals surface area contributed by atoms with Gasteiger partial charge in [-0.1, -0.05) is 24.3 Å². The van der Waals surface area contributed by atoms with Crippen LogP contribution in [0.2, 0.25) is 0 Å². The summed E-state index contributed by atoms with van der Waals surface area (Å²) in [5, 5.41) is 0. The van der Waals surface area contributed by atoms with Crippen molar-refractivity contribution in [2.75, 3.05) is 20.3 Å². The molecule has 0 bridgehead atoms.